The quantitative estimate of drug-likeness (QED) is 0.797. The monoisotopic (exact) mass is 408 g/mol. The normalized spacial score (nSPS) is 20.7. The third-order valence-corrected chi connectivity index (χ3v) is 7.12. The summed E-state index contributed by atoms with van der Waals surface area (Å²) in [6.07, 6.45) is 1.58. The van der Waals surface area contributed by atoms with Crippen LogP contribution in [0, 0.1) is 0 Å². The molecule has 0 unspecified atom stereocenters. The van der Waals surface area contributed by atoms with Crippen molar-refractivity contribution in [2.24, 2.45) is 0 Å². The molecule has 0 radical (unpaired) electrons. The molecule has 1 N–H and O–H groups in total. The van der Waals surface area contributed by atoms with E-state index in [1.165, 1.54) is 23.5 Å². The number of aromatic nitrogens is 2. The van der Waals surface area contributed by atoms with E-state index in [1.807, 2.05) is 0 Å². The fourth-order valence-electron chi connectivity index (χ4n) is 3.02. The van der Waals surface area contributed by atoms with Crippen LogP contribution in [0.2, 0.25) is 0 Å². The number of amides is 2. The molecule has 1 aromatic heterocycles. The molecule has 27 heavy (non-hydrogen) atoms. The Morgan fingerprint density at radius 3 is 2.89 bits per heavy atom. The van der Waals surface area contributed by atoms with Crippen LogP contribution in [0.5, 0.6) is 0 Å². The lowest BCUT2D eigenvalue weighted by molar-refractivity contribution is -0.116. The lowest BCUT2D eigenvalue weighted by atomic mass is 10.2. The Morgan fingerprint density at radius 2 is 2.15 bits per heavy atom. The molecule has 0 saturated carbocycles. The van der Waals surface area contributed by atoms with Crippen molar-refractivity contribution >= 4 is 38.3 Å². The van der Waals surface area contributed by atoms with Crippen molar-refractivity contribution in [2.75, 3.05) is 18.5 Å². The van der Waals surface area contributed by atoms with Gasteiger partial charge in [0.2, 0.25) is 11.0 Å². The summed E-state index contributed by atoms with van der Waals surface area (Å²) in [6, 6.07) is 6.00. The molecule has 2 aliphatic rings. The van der Waals surface area contributed by atoms with Crippen LogP contribution in [0.1, 0.15) is 40.7 Å². The molecule has 2 aliphatic heterocycles. The van der Waals surface area contributed by atoms with Crippen molar-refractivity contribution in [1.29, 1.82) is 0 Å². The number of hydrogen-bond acceptors (Lipinski definition) is 8. The Labute approximate surface area is 159 Å². The number of nitrogens with one attached hydrogen (secondary N) is 1. The lowest BCUT2D eigenvalue weighted by Gasteiger charge is -2.14. The third kappa shape index (κ3) is 3.33. The van der Waals surface area contributed by atoms with Crippen molar-refractivity contribution < 1.29 is 22.7 Å². The van der Waals surface area contributed by atoms with Crippen LogP contribution in [-0.4, -0.2) is 47.9 Å². The molecule has 0 aliphatic carbocycles. The van der Waals surface area contributed by atoms with Crippen molar-refractivity contribution in [3.05, 3.63) is 34.8 Å². The maximum Gasteiger partial charge on any atom is 0.269 e. The van der Waals surface area contributed by atoms with Crippen LogP contribution in [0.15, 0.2) is 29.2 Å². The minimum absolute atomic E-state index is 0.0271. The molecular weight excluding hydrogens is 392 g/mol. The summed E-state index contributed by atoms with van der Waals surface area (Å²) in [6.45, 7) is 0.450. The van der Waals surface area contributed by atoms with Crippen LogP contribution >= 0.6 is 11.3 Å². The van der Waals surface area contributed by atoms with E-state index in [1.54, 1.807) is 12.1 Å². The van der Waals surface area contributed by atoms with Crippen LogP contribution < -0.4 is 5.32 Å². The van der Waals surface area contributed by atoms with Gasteiger partial charge in [-0.3, -0.25) is 9.59 Å². The van der Waals surface area contributed by atoms with Crippen molar-refractivity contribution in [3.8, 4) is 0 Å². The van der Waals surface area contributed by atoms with Gasteiger partial charge in [0.25, 0.3) is 15.9 Å². The Bertz CT molecular complexity index is 998. The number of rotatable bonds is 5. The first-order chi connectivity index (χ1) is 13.0. The van der Waals surface area contributed by atoms with E-state index in [2.05, 4.69) is 15.5 Å². The number of fused-ring (bicyclic) bond motifs is 1. The highest BCUT2D eigenvalue weighted by Gasteiger charge is 2.40. The Morgan fingerprint density at radius 1 is 1.33 bits per heavy atom. The van der Waals surface area contributed by atoms with Gasteiger partial charge in [0.15, 0.2) is 0 Å². The molecule has 1 atom stereocenters. The van der Waals surface area contributed by atoms with E-state index in [-0.39, 0.29) is 29.5 Å². The molecule has 142 valence electrons. The highest BCUT2D eigenvalue weighted by molar-refractivity contribution is 7.90. The lowest BCUT2D eigenvalue weighted by Crippen LogP contribution is -2.33. The third-order valence-electron chi connectivity index (χ3n) is 4.35. The number of anilines is 1. The first kappa shape index (κ1) is 18.0. The standard InChI is InChI=1S/C16H16N4O5S2/c21-13(17-16-19-18-14(26-16)11-5-3-9-25-11)7-8-20-15(22)10-4-1-2-6-12(10)27(20,23)24/h1-2,4,6,11H,3,5,7-9H2,(H,17,19,21)/t11-/m0/s1. The SMILES string of the molecule is O=C(CCN1C(=O)c2ccccc2S1(=O)=O)Nc1nnc([C@@H]2CCCO2)s1. The van der Waals surface area contributed by atoms with E-state index in [0.717, 1.165) is 17.1 Å². The predicted octanol–water partition coefficient (Wildman–Crippen LogP) is 1.56. The van der Waals surface area contributed by atoms with Crippen LogP contribution in [0.3, 0.4) is 0 Å². The molecule has 0 bridgehead atoms. The van der Waals surface area contributed by atoms with E-state index in [9.17, 15) is 18.0 Å². The predicted molar refractivity (Wildman–Crippen MR) is 95.7 cm³/mol. The topological polar surface area (TPSA) is 119 Å². The molecule has 9 nitrogen and oxygen atoms in total. The summed E-state index contributed by atoms with van der Waals surface area (Å²) in [7, 11) is -3.91. The molecule has 1 fully saturated rings. The van der Waals surface area contributed by atoms with Gasteiger partial charge in [-0.1, -0.05) is 23.5 Å². The second-order valence-electron chi connectivity index (χ2n) is 6.12. The highest BCUT2D eigenvalue weighted by Crippen LogP contribution is 2.32. The Kier molecular flexibility index (Phi) is 4.66. The number of carbonyl (C=O) groups is 2. The summed E-state index contributed by atoms with van der Waals surface area (Å²) < 4.78 is 31.2. The average molecular weight is 408 g/mol. The van der Waals surface area contributed by atoms with Gasteiger partial charge in [-0.2, -0.15) is 0 Å². The zero-order valence-corrected chi connectivity index (χ0v) is 15.8. The van der Waals surface area contributed by atoms with Crippen molar-refractivity contribution in [2.45, 2.75) is 30.3 Å². The summed E-state index contributed by atoms with van der Waals surface area (Å²) in [4.78, 5) is 24.4. The minimum Gasteiger partial charge on any atom is -0.371 e. The van der Waals surface area contributed by atoms with E-state index < -0.39 is 21.8 Å². The number of nitrogens with zero attached hydrogens (tertiary/aromatic N) is 3. The van der Waals surface area contributed by atoms with Crippen LogP contribution in [0.4, 0.5) is 5.13 Å². The van der Waals surface area contributed by atoms with Gasteiger partial charge in [0, 0.05) is 19.6 Å². The number of sulfonamides is 1. The Balaban J connectivity index is 1.38. The van der Waals surface area contributed by atoms with Crippen molar-refractivity contribution in [3.63, 3.8) is 0 Å². The van der Waals surface area contributed by atoms with Gasteiger partial charge >= 0.3 is 0 Å². The molecule has 2 aromatic rings. The van der Waals surface area contributed by atoms with Gasteiger partial charge in [-0.25, -0.2) is 12.7 Å². The van der Waals surface area contributed by atoms with E-state index in [4.69, 9.17) is 4.74 Å². The second-order valence-corrected chi connectivity index (χ2v) is 8.96. The molecule has 0 spiro atoms. The average Bonchev–Trinajstić information content (AvgIpc) is 3.35. The van der Waals surface area contributed by atoms with Gasteiger partial charge in [-0.05, 0) is 25.0 Å². The number of benzene rings is 1. The molecular formula is C16H16N4O5S2. The van der Waals surface area contributed by atoms with Crippen LogP contribution in [0.25, 0.3) is 0 Å². The maximum atomic E-state index is 12.5. The molecule has 2 amide bonds. The van der Waals surface area contributed by atoms with Gasteiger partial charge < -0.3 is 10.1 Å². The van der Waals surface area contributed by atoms with Crippen LogP contribution in [-0.2, 0) is 19.6 Å². The van der Waals surface area contributed by atoms with Gasteiger partial charge in [0.1, 0.15) is 16.0 Å². The second kappa shape index (κ2) is 6.98. The maximum absolute atomic E-state index is 12.5. The summed E-state index contributed by atoms with van der Waals surface area (Å²) in [5, 5.41) is 11.6. The molecule has 1 saturated heterocycles. The highest BCUT2D eigenvalue weighted by atomic mass is 32.2. The first-order valence-electron chi connectivity index (χ1n) is 8.38. The van der Waals surface area contributed by atoms with Crippen molar-refractivity contribution in [1.82, 2.24) is 14.5 Å². The summed E-state index contributed by atoms with van der Waals surface area (Å²) in [5.74, 6) is -1.06. The fraction of sp³-hybridized carbons (Fsp3) is 0.375. The largest absolute Gasteiger partial charge is 0.371 e. The summed E-state index contributed by atoms with van der Waals surface area (Å²) in [5.41, 5.74) is 0.128. The number of hydrogen-bond donors (Lipinski definition) is 1. The number of carbonyl (C=O) groups excluding carboxylic acids is 2. The molecule has 3 heterocycles. The Hall–Kier alpha value is -2.37. The smallest absolute Gasteiger partial charge is 0.269 e. The minimum atomic E-state index is -3.91. The first-order valence-corrected chi connectivity index (χ1v) is 10.6. The fourth-order valence-corrected chi connectivity index (χ4v) is 5.44. The summed E-state index contributed by atoms with van der Waals surface area (Å²) >= 11 is 1.23. The zero-order valence-electron chi connectivity index (χ0n) is 14.1. The number of ether oxygens (including phenoxy) is 1. The van der Waals surface area contributed by atoms with E-state index in [0.29, 0.717) is 16.7 Å². The zero-order chi connectivity index (χ0) is 19.0. The van der Waals surface area contributed by atoms with Gasteiger partial charge in [-0.15, -0.1) is 10.2 Å². The molecule has 4 rings (SSSR count). The molecule has 11 heteroatoms. The van der Waals surface area contributed by atoms with E-state index >= 15 is 0 Å². The van der Waals surface area contributed by atoms with Gasteiger partial charge in [0.05, 0.1) is 5.56 Å². The molecule has 1 aromatic carbocycles.